The number of hydrogen-bond acceptors (Lipinski definition) is 1. The van der Waals surface area contributed by atoms with Gasteiger partial charge in [0.15, 0.2) is 6.54 Å². The van der Waals surface area contributed by atoms with Gasteiger partial charge in [0, 0.05) is 15.2 Å². The molecule has 1 aromatic carbocycles. The Labute approximate surface area is 128 Å². The molecule has 0 radical (unpaired) electrons. The summed E-state index contributed by atoms with van der Waals surface area (Å²) in [6.07, 6.45) is 2.55. The van der Waals surface area contributed by atoms with Crippen molar-refractivity contribution in [2.75, 3.05) is 25.0 Å². The molecular weight excluding hydrogens is 351 g/mol. The molecule has 104 valence electrons. The highest BCUT2D eigenvalue weighted by Gasteiger charge is 2.22. The van der Waals surface area contributed by atoms with E-state index in [1.165, 1.54) is 21.3 Å². The predicted octanol–water partition coefficient (Wildman–Crippen LogP) is 1.85. The minimum atomic E-state index is 0.133. The maximum absolute atomic E-state index is 12.1. The number of halogens is 1. The van der Waals surface area contributed by atoms with Gasteiger partial charge in [0.05, 0.1) is 13.1 Å². The van der Waals surface area contributed by atoms with Crippen LogP contribution in [0.4, 0.5) is 5.69 Å². The number of amides is 1. The number of quaternary nitrogens is 1. The molecule has 2 rings (SSSR count). The fraction of sp³-hybridized carbons (Fsp3) is 0.533. The molecule has 1 saturated heterocycles. The van der Waals surface area contributed by atoms with Gasteiger partial charge in [0.2, 0.25) is 0 Å². The lowest BCUT2D eigenvalue weighted by Gasteiger charge is -2.27. The Hall–Kier alpha value is -0.620. The topological polar surface area (TPSA) is 33.5 Å². The number of anilines is 1. The number of aryl methyl sites for hydroxylation is 1. The summed E-state index contributed by atoms with van der Waals surface area (Å²) in [7, 11) is 0. The quantitative estimate of drug-likeness (QED) is 0.780. The minimum Gasteiger partial charge on any atom is -0.327 e. The average Bonchev–Trinajstić information content (AvgIpc) is 2.33. The van der Waals surface area contributed by atoms with Crippen LogP contribution in [0.5, 0.6) is 0 Å². The van der Waals surface area contributed by atoms with Crippen LogP contribution >= 0.6 is 22.6 Å². The van der Waals surface area contributed by atoms with Crippen LogP contribution in [-0.4, -0.2) is 25.5 Å². The third-order valence-electron chi connectivity index (χ3n) is 3.74. The normalized spacial score (nSPS) is 23.1. The van der Waals surface area contributed by atoms with E-state index in [4.69, 9.17) is 0 Å². The van der Waals surface area contributed by atoms with Crippen molar-refractivity contribution in [1.82, 2.24) is 0 Å². The van der Waals surface area contributed by atoms with Gasteiger partial charge in [-0.25, -0.2) is 0 Å². The molecule has 0 saturated carbocycles. The van der Waals surface area contributed by atoms with Crippen LogP contribution < -0.4 is 10.2 Å². The predicted molar refractivity (Wildman–Crippen MR) is 86.5 cm³/mol. The summed E-state index contributed by atoms with van der Waals surface area (Å²) in [6.45, 7) is 7.16. The fourth-order valence-electron chi connectivity index (χ4n) is 2.75. The second-order valence-electron chi connectivity index (χ2n) is 5.64. The Morgan fingerprint density at radius 2 is 2.32 bits per heavy atom. The van der Waals surface area contributed by atoms with Gasteiger partial charge in [0.25, 0.3) is 5.91 Å². The number of hydrogen-bond donors (Lipinski definition) is 2. The van der Waals surface area contributed by atoms with E-state index in [2.05, 4.69) is 40.9 Å². The molecule has 1 aliphatic heterocycles. The van der Waals surface area contributed by atoms with Crippen molar-refractivity contribution in [3.63, 3.8) is 0 Å². The van der Waals surface area contributed by atoms with E-state index in [-0.39, 0.29) is 5.91 Å². The number of carbonyl (C=O) groups is 1. The lowest BCUT2D eigenvalue weighted by atomic mass is 10.0. The van der Waals surface area contributed by atoms with E-state index in [0.29, 0.717) is 6.54 Å². The highest BCUT2D eigenvalue weighted by Crippen LogP contribution is 2.17. The van der Waals surface area contributed by atoms with Gasteiger partial charge in [-0.05, 0) is 66.1 Å². The summed E-state index contributed by atoms with van der Waals surface area (Å²) < 4.78 is 1.20. The lowest BCUT2D eigenvalue weighted by Crippen LogP contribution is -3.14. The van der Waals surface area contributed by atoms with E-state index in [9.17, 15) is 4.79 Å². The van der Waals surface area contributed by atoms with E-state index in [1.54, 1.807) is 0 Å². The van der Waals surface area contributed by atoms with Crippen molar-refractivity contribution in [2.24, 2.45) is 5.92 Å². The summed E-state index contributed by atoms with van der Waals surface area (Å²) in [5, 5.41) is 3.04. The maximum atomic E-state index is 12.1. The maximum Gasteiger partial charge on any atom is 0.279 e. The molecule has 19 heavy (non-hydrogen) atoms. The SMILES string of the molecule is Cc1cc(I)ccc1NC(=O)C[NH+]1CCC[C@@H](C)C1. The molecule has 0 bridgehead atoms. The molecule has 1 unspecified atom stereocenters. The standard InChI is InChI=1S/C15H21IN2O/c1-11-4-3-7-18(9-11)10-15(19)17-14-6-5-13(16)8-12(14)2/h5-6,8,11H,3-4,7,9-10H2,1-2H3,(H,17,19)/p+1/t11-/m1/s1. The Morgan fingerprint density at radius 1 is 1.53 bits per heavy atom. The zero-order chi connectivity index (χ0) is 13.8. The van der Waals surface area contributed by atoms with E-state index < -0.39 is 0 Å². The summed E-state index contributed by atoms with van der Waals surface area (Å²) in [6, 6.07) is 6.11. The van der Waals surface area contributed by atoms with E-state index in [1.807, 2.05) is 19.1 Å². The molecule has 0 aliphatic carbocycles. The van der Waals surface area contributed by atoms with Crippen LogP contribution in [0.3, 0.4) is 0 Å². The molecule has 2 atom stereocenters. The Bertz CT molecular complexity index is 461. The first-order valence-corrected chi connectivity index (χ1v) is 8.02. The Kier molecular flexibility index (Phi) is 5.21. The van der Waals surface area contributed by atoms with E-state index >= 15 is 0 Å². The molecule has 1 amide bonds. The number of likely N-dealkylation sites (tertiary alicyclic amines) is 1. The lowest BCUT2D eigenvalue weighted by molar-refractivity contribution is -0.900. The average molecular weight is 373 g/mol. The Balaban J connectivity index is 1.90. The van der Waals surface area contributed by atoms with Crippen LogP contribution in [0.2, 0.25) is 0 Å². The third kappa shape index (κ3) is 4.45. The van der Waals surface area contributed by atoms with Crippen molar-refractivity contribution >= 4 is 34.2 Å². The highest BCUT2D eigenvalue weighted by atomic mass is 127. The number of rotatable bonds is 3. The summed E-state index contributed by atoms with van der Waals surface area (Å²) in [5.74, 6) is 0.880. The molecule has 2 N–H and O–H groups in total. The molecule has 4 heteroatoms. The molecule has 0 spiro atoms. The monoisotopic (exact) mass is 373 g/mol. The summed E-state index contributed by atoms with van der Waals surface area (Å²) in [5.41, 5.74) is 2.07. The van der Waals surface area contributed by atoms with Crippen molar-refractivity contribution in [3.05, 3.63) is 27.3 Å². The highest BCUT2D eigenvalue weighted by molar-refractivity contribution is 14.1. The molecule has 0 aromatic heterocycles. The molecule has 1 heterocycles. The van der Waals surface area contributed by atoms with Gasteiger partial charge in [0.1, 0.15) is 0 Å². The van der Waals surface area contributed by atoms with Crippen LogP contribution in [-0.2, 0) is 4.79 Å². The van der Waals surface area contributed by atoms with Gasteiger partial charge in [-0.3, -0.25) is 4.79 Å². The van der Waals surface area contributed by atoms with Gasteiger partial charge < -0.3 is 10.2 Å². The zero-order valence-corrected chi connectivity index (χ0v) is 13.8. The van der Waals surface area contributed by atoms with Crippen molar-refractivity contribution in [1.29, 1.82) is 0 Å². The molecule has 1 aliphatic rings. The van der Waals surface area contributed by atoms with Crippen LogP contribution in [0.1, 0.15) is 25.3 Å². The van der Waals surface area contributed by atoms with Gasteiger partial charge in [-0.15, -0.1) is 0 Å². The molecular formula is C15H22IN2O+. The third-order valence-corrected chi connectivity index (χ3v) is 4.41. The van der Waals surface area contributed by atoms with Crippen LogP contribution in [0.25, 0.3) is 0 Å². The first kappa shape index (κ1) is 14.8. The minimum absolute atomic E-state index is 0.133. The Morgan fingerprint density at radius 3 is 3.00 bits per heavy atom. The first-order chi connectivity index (χ1) is 9.04. The zero-order valence-electron chi connectivity index (χ0n) is 11.6. The number of benzene rings is 1. The summed E-state index contributed by atoms with van der Waals surface area (Å²) in [4.78, 5) is 13.5. The number of piperidine rings is 1. The molecule has 1 aromatic rings. The smallest absolute Gasteiger partial charge is 0.279 e. The molecule has 3 nitrogen and oxygen atoms in total. The summed E-state index contributed by atoms with van der Waals surface area (Å²) >= 11 is 2.29. The van der Waals surface area contributed by atoms with Crippen molar-refractivity contribution in [3.8, 4) is 0 Å². The largest absolute Gasteiger partial charge is 0.327 e. The fourth-order valence-corrected chi connectivity index (χ4v) is 3.39. The second kappa shape index (κ2) is 6.70. The van der Waals surface area contributed by atoms with Crippen molar-refractivity contribution in [2.45, 2.75) is 26.7 Å². The van der Waals surface area contributed by atoms with Gasteiger partial charge in [-0.2, -0.15) is 0 Å². The number of nitrogens with one attached hydrogen (secondary N) is 2. The van der Waals surface area contributed by atoms with Crippen molar-refractivity contribution < 1.29 is 9.69 Å². The first-order valence-electron chi connectivity index (χ1n) is 6.94. The second-order valence-corrected chi connectivity index (χ2v) is 6.88. The van der Waals surface area contributed by atoms with Gasteiger partial charge in [-0.1, -0.05) is 6.92 Å². The number of carbonyl (C=O) groups excluding carboxylic acids is 1. The van der Waals surface area contributed by atoms with Crippen LogP contribution in [0, 0.1) is 16.4 Å². The molecule has 1 fully saturated rings. The van der Waals surface area contributed by atoms with Gasteiger partial charge >= 0.3 is 0 Å². The van der Waals surface area contributed by atoms with Crippen LogP contribution in [0.15, 0.2) is 18.2 Å². The van der Waals surface area contributed by atoms with E-state index in [0.717, 1.165) is 30.3 Å².